The summed E-state index contributed by atoms with van der Waals surface area (Å²) in [7, 11) is 0. The standard InChI is InChI=1S/C28H24N2O5/c1-2-33-25-12-5-6-13-26(25)34-19-27(31)30-29-18-20-14-16-22(17-15-20)35-28(32)24-11-7-9-21-8-3-4-10-23(21)24/h3-18H,2,19H2,1H3,(H,30,31). The molecule has 0 aliphatic carbocycles. The van der Waals surface area contributed by atoms with E-state index in [1.54, 1.807) is 48.5 Å². The third-order valence-corrected chi connectivity index (χ3v) is 5.01. The average molecular weight is 469 g/mol. The maximum Gasteiger partial charge on any atom is 0.344 e. The smallest absolute Gasteiger partial charge is 0.344 e. The minimum absolute atomic E-state index is 0.204. The van der Waals surface area contributed by atoms with Gasteiger partial charge in [-0.3, -0.25) is 4.79 Å². The number of nitrogens with one attached hydrogen (secondary N) is 1. The second kappa shape index (κ2) is 11.5. The number of hydrogen-bond donors (Lipinski definition) is 1. The lowest BCUT2D eigenvalue weighted by atomic mass is 10.0. The first-order chi connectivity index (χ1) is 17.1. The summed E-state index contributed by atoms with van der Waals surface area (Å²) in [6, 6.07) is 27.1. The van der Waals surface area contributed by atoms with Crippen molar-refractivity contribution in [3.63, 3.8) is 0 Å². The monoisotopic (exact) mass is 468 g/mol. The summed E-state index contributed by atoms with van der Waals surface area (Å²) in [6.07, 6.45) is 1.49. The maximum atomic E-state index is 12.7. The highest BCUT2D eigenvalue weighted by Crippen LogP contribution is 2.26. The first kappa shape index (κ1) is 23.5. The highest BCUT2D eigenvalue weighted by atomic mass is 16.5. The minimum atomic E-state index is -0.429. The Morgan fingerprint density at radius 1 is 0.829 bits per heavy atom. The number of carbonyl (C=O) groups is 2. The summed E-state index contributed by atoms with van der Waals surface area (Å²) in [4.78, 5) is 24.7. The summed E-state index contributed by atoms with van der Waals surface area (Å²) in [5, 5.41) is 5.75. The molecule has 4 aromatic rings. The van der Waals surface area contributed by atoms with Crippen LogP contribution in [0.3, 0.4) is 0 Å². The van der Waals surface area contributed by atoms with E-state index >= 15 is 0 Å². The Bertz CT molecular complexity index is 1340. The van der Waals surface area contributed by atoms with Crippen LogP contribution in [0.1, 0.15) is 22.8 Å². The van der Waals surface area contributed by atoms with Gasteiger partial charge in [-0.1, -0.05) is 48.5 Å². The van der Waals surface area contributed by atoms with Gasteiger partial charge in [0.15, 0.2) is 18.1 Å². The fourth-order valence-corrected chi connectivity index (χ4v) is 3.39. The Kier molecular flexibility index (Phi) is 7.70. The first-order valence-corrected chi connectivity index (χ1v) is 11.1. The van der Waals surface area contributed by atoms with E-state index in [1.165, 1.54) is 6.21 Å². The van der Waals surface area contributed by atoms with Gasteiger partial charge in [0.25, 0.3) is 5.91 Å². The number of fused-ring (bicyclic) bond motifs is 1. The molecular weight excluding hydrogens is 444 g/mol. The topological polar surface area (TPSA) is 86.2 Å². The van der Waals surface area contributed by atoms with Crippen molar-refractivity contribution < 1.29 is 23.8 Å². The van der Waals surface area contributed by atoms with Crippen LogP contribution in [0.15, 0.2) is 96.1 Å². The zero-order valence-corrected chi connectivity index (χ0v) is 19.1. The number of hydrazone groups is 1. The van der Waals surface area contributed by atoms with Crippen molar-refractivity contribution in [1.82, 2.24) is 5.43 Å². The van der Waals surface area contributed by atoms with Crippen LogP contribution in [0, 0.1) is 0 Å². The quantitative estimate of drug-likeness (QED) is 0.162. The molecule has 0 atom stereocenters. The third kappa shape index (κ3) is 6.23. The molecule has 0 aliphatic rings. The number of hydrogen-bond acceptors (Lipinski definition) is 6. The molecular formula is C28H24N2O5. The zero-order valence-electron chi connectivity index (χ0n) is 19.1. The number of esters is 1. The fourth-order valence-electron chi connectivity index (χ4n) is 3.39. The van der Waals surface area contributed by atoms with Gasteiger partial charge in [-0.25, -0.2) is 10.2 Å². The van der Waals surface area contributed by atoms with E-state index in [4.69, 9.17) is 14.2 Å². The molecule has 0 saturated heterocycles. The predicted molar refractivity (Wildman–Crippen MR) is 134 cm³/mol. The first-order valence-electron chi connectivity index (χ1n) is 11.1. The van der Waals surface area contributed by atoms with Gasteiger partial charge in [0.05, 0.1) is 18.4 Å². The van der Waals surface area contributed by atoms with E-state index in [9.17, 15) is 9.59 Å². The summed E-state index contributed by atoms with van der Waals surface area (Å²) in [5.74, 6) is 0.634. The molecule has 7 heteroatoms. The molecule has 0 heterocycles. The van der Waals surface area contributed by atoms with Crippen molar-refractivity contribution in [2.24, 2.45) is 5.10 Å². The molecule has 0 unspecified atom stereocenters. The van der Waals surface area contributed by atoms with Crippen molar-refractivity contribution >= 4 is 28.9 Å². The largest absolute Gasteiger partial charge is 0.490 e. The Balaban J connectivity index is 1.29. The molecule has 176 valence electrons. The second-order valence-corrected chi connectivity index (χ2v) is 7.45. The van der Waals surface area contributed by atoms with Crippen molar-refractivity contribution in [2.75, 3.05) is 13.2 Å². The van der Waals surface area contributed by atoms with Gasteiger partial charge in [-0.15, -0.1) is 0 Å². The van der Waals surface area contributed by atoms with Gasteiger partial charge < -0.3 is 14.2 Å². The van der Waals surface area contributed by atoms with Crippen LogP contribution >= 0.6 is 0 Å². The second-order valence-electron chi connectivity index (χ2n) is 7.45. The van der Waals surface area contributed by atoms with Crippen molar-refractivity contribution in [3.8, 4) is 17.2 Å². The number of carbonyl (C=O) groups excluding carboxylic acids is 2. The molecule has 0 spiro atoms. The molecule has 0 aromatic heterocycles. The Morgan fingerprint density at radius 2 is 1.51 bits per heavy atom. The van der Waals surface area contributed by atoms with E-state index in [2.05, 4.69) is 10.5 Å². The Labute approximate surface area is 202 Å². The number of para-hydroxylation sites is 2. The summed E-state index contributed by atoms with van der Waals surface area (Å²) >= 11 is 0. The molecule has 0 aliphatic heterocycles. The lowest BCUT2D eigenvalue weighted by Gasteiger charge is -2.10. The Hall–Kier alpha value is -4.65. The molecule has 1 N–H and O–H groups in total. The van der Waals surface area contributed by atoms with Gasteiger partial charge in [-0.05, 0) is 65.7 Å². The molecule has 4 aromatic carbocycles. The summed E-state index contributed by atoms with van der Waals surface area (Å²) in [5.41, 5.74) is 3.64. The van der Waals surface area contributed by atoms with E-state index in [-0.39, 0.29) is 6.61 Å². The zero-order chi connectivity index (χ0) is 24.5. The third-order valence-electron chi connectivity index (χ3n) is 5.01. The molecule has 1 amide bonds. The SMILES string of the molecule is CCOc1ccccc1OCC(=O)NN=Cc1ccc(OC(=O)c2cccc3ccccc23)cc1. The van der Waals surface area contributed by atoms with Crippen LogP contribution in [0.4, 0.5) is 0 Å². The van der Waals surface area contributed by atoms with Gasteiger partial charge in [0.1, 0.15) is 5.75 Å². The van der Waals surface area contributed by atoms with Gasteiger partial charge in [0.2, 0.25) is 0 Å². The predicted octanol–water partition coefficient (Wildman–Crippen LogP) is 4.99. The molecule has 4 rings (SSSR count). The van der Waals surface area contributed by atoms with Crippen LogP contribution in [0.2, 0.25) is 0 Å². The van der Waals surface area contributed by atoms with Crippen molar-refractivity contribution in [2.45, 2.75) is 6.92 Å². The van der Waals surface area contributed by atoms with E-state index in [1.807, 2.05) is 49.4 Å². The molecule has 0 fully saturated rings. The lowest BCUT2D eigenvalue weighted by Crippen LogP contribution is -2.24. The van der Waals surface area contributed by atoms with Crippen molar-refractivity contribution in [3.05, 3.63) is 102 Å². The number of rotatable bonds is 9. The van der Waals surface area contributed by atoms with Crippen LogP contribution < -0.4 is 19.6 Å². The number of ether oxygens (including phenoxy) is 3. The van der Waals surface area contributed by atoms with Crippen LogP contribution in [-0.2, 0) is 4.79 Å². The van der Waals surface area contributed by atoms with Gasteiger partial charge in [0, 0.05) is 0 Å². The maximum absolute atomic E-state index is 12.7. The summed E-state index contributed by atoms with van der Waals surface area (Å²) < 4.78 is 16.5. The molecule has 7 nitrogen and oxygen atoms in total. The highest BCUT2D eigenvalue weighted by molar-refractivity contribution is 6.05. The molecule has 0 bridgehead atoms. The van der Waals surface area contributed by atoms with Crippen LogP contribution in [0.25, 0.3) is 10.8 Å². The average Bonchev–Trinajstić information content (AvgIpc) is 2.89. The normalized spacial score (nSPS) is 10.8. The van der Waals surface area contributed by atoms with E-state index in [0.717, 1.165) is 16.3 Å². The Morgan fingerprint density at radius 3 is 2.29 bits per heavy atom. The summed E-state index contributed by atoms with van der Waals surface area (Å²) in [6.45, 7) is 2.17. The highest BCUT2D eigenvalue weighted by Gasteiger charge is 2.12. The lowest BCUT2D eigenvalue weighted by molar-refractivity contribution is -0.123. The number of benzene rings is 4. The van der Waals surface area contributed by atoms with Crippen LogP contribution in [-0.4, -0.2) is 31.3 Å². The van der Waals surface area contributed by atoms with Gasteiger partial charge >= 0.3 is 5.97 Å². The molecule has 0 radical (unpaired) electrons. The van der Waals surface area contributed by atoms with E-state index < -0.39 is 11.9 Å². The van der Waals surface area contributed by atoms with Gasteiger partial charge in [-0.2, -0.15) is 5.10 Å². The number of amides is 1. The fraction of sp³-hybridized carbons (Fsp3) is 0.107. The minimum Gasteiger partial charge on any atom is -0.490 e. The number of nitrogens with zero attached hydrogens (tertiary/aromatic N) is 1. The molecule has 0 saturated carbocycles. The van der Waals surface area contributed by atoms with Crippen molar-refractivity contribution in [1.29, 1.82) is 0 Å². The van der Waals surface area contributed by atoms with E-state index in [0.29, 0.717) is 29.4 Å². The van der Waals surface area contributed by atoms with Crippen LogP contribution in [0.5, 0.6) is 17.2 Å². The molecule has 35 heavy (non-hydrogen) atoms.